The highest BCUT2D eigenvalue weighted by molar-refractivity contribution is 6.62. The van der Waals surface area contributed by atoms with Crippen LogP contribution in [0.5, 0.6) is 0 Å². The summed E-state index contributed by atoms with van der Waals surface area (Å²) in [6, 6.07) is 13.7. The molecule has 2 aromatic rings. The van der Waals surface area contributed by atoms with Crippen LogP contribution in [-0.2, 0) is 28.9 Å². The monoisotopic (exact) mass is 353 g/mol. The Morgan fingerprint density at radius 2 is 1.54 bits per heavy atom. The summed E-state index contributed by atoms with van der Waals surface area (Å²) >= 11 is 0. The van der Waals surface area contributed by atoms with Gasteiger partial charge in [0.05, 0.1) is 11.2 Å². The Bertz CT molecular complexity index is 806. The molecule has 0 bridgehead atoms. The van der Waals surface area contributed by atoms with E-state index in [4.69, 9.17) is 9.31 Å². The molecular formula is C21H25BFNO2. The number of rotatable bonds is 3. The van der Waals surface area contributed by atoms with Crippen molar-refractivity contribution in [1.29, 1.82) is 0 Å². The third-order valence-electron chi connectivity index (χ3n) is 5.93. The highest BCUT2D eigenvalue weighted by Crippen LogP contribution is 2.37. The van der Waals surface area contributed by atoms with Crippen LogP contribution in [0, 0.1) is 5.82 Å². The molecule has 136 valence electrons. The van der Waals surface area contributed by atoms with Gasteiger partial charge >= 0.3 is 7.12 Å². The smallest absolute Gasteiger partial charge is 0.399 e. The fourth-order valence-corrected chi connectivity index (χ4v) is 3.69. The van der Waals surface area contributed by atoms with Gasteiger partial charge in [0, 0.05) is 25.2 Å². The molecule has 2 aliphatic rings. The lowest BCUT2D eigenvalue weighted by Crippen LogP contribution is -2.41. The van der Waals surface area contributed by atoms with Gasteiger partial charge in [0.15, 0.2) is 0 Å². The molecule has 0 N–H and O–H groups in total. The maximum atomic E-state index is 14.5. The molecule has 0 saturated carbocycles. The minimum absolute atomic E-state index is 0.143. The van der Waals surface area contributed by atoms with Crippen molar-refractivity contribution in [1.82, 2.24) is 4.90 Å². The Morgan fingerprint density at radius 3 is 2.19 bits per heavy atom. The Hall–Kier alpha value is -1.69. The second-order valence-electron chi connectivity index (χ2n) is 8.31. The van der Waals surface area contributed by atoms with Gasteiger partial charge in [0.25, 0.3) is 0 Å². The molecule has 0 aromatic heterocycles. The highest BCUT2D eigenvalue weighted by Gasteiger charge is 2.52. The fourth-order valence-electron chi connectivity index (χ4n) is 3.69. The molecule has 2 aromatic carbocycles. The normalized spacial score (nSPS) is 21.2. The molecule has 3 nitrogen and oxygen atoms in total. The van der Waals surface area contributed by atoms with Crippen molar-refractivity contribution in [3.05, 3.63) is 65.0 Å². The summed E-state index contributed by atoms with van der Waals surface area (Å²) in [6.07, 6.45) is 0. The van der Waals surface area contributed by atoms with Crippen LogP contribution in [0.4, 0.5) is 4.39 Å². The maximum Gasteiger partial charge on any atom is 0.495 e. The van der Waals surface area contributed by atoms with Gasteiger partial charge in [-0.25, -0.2) is 4.39 Å². The van der Waals surface area contributed by atoms with E-state index in [-0.39, 0.29) is 5.82 Å². The first-order valence-electron chi connectivity index (χ1n) is 9.19. The van der Waals surface area contributed by atoms with Gasteiger partial charge in [-0.15, -0.1) is 0 Å². The van der Waals surface area contributed by atoms with Crippen molar-refractivity contribution < 1.29 is 13.7 Å². The Labute approximate surface area is 155 Å². The zero-order valence-corrected chi connectivity index (χ0v) is 15.9. The van der Waals surface area contributed by atoms with Gasteiger partial charge in [0.1, 0.15) is 5.82 Å². The summed E-state index contributed by atoms with van der Waals surface area (Å²) in [6.45, 7) is 10.3. The van der Waals surface area contributed by atoms with E-state index in [1.54, 1.807) is 6.07 Å². The molecule has 1 fully saturated rings. The second kappa shape index (κ2) is 6.19. The third kappa shape index (κ3) is 2.98. The molecule has 4 rings (SSSR count). The van der Waals surface area contributed by atoms with Crippen LogP contribution in [0.25, 0.3) is 0 Å². The number of hydrogen-bond acceptors (Lipinski definition) is 3. The first-order chi connectivity index (χ1) is 12.3. The molecule has 1 saturated heterocycles. The second-order valence-corrected chi connectivity index (χ2v) is 8.31. The lowest BCUT2D eigenvalue weighted by atomic mass is 9.75. The van der Waals surface area contributed by atoms with E-state index in [1.807, 2.05) is 52.0 Å². The predicted molar refractivity (Wildman–Crippen MR) is 102 cm³/mol. The zero-order chi connectivity index (χ0) is 18.5. The first kappa shape index (κ1) is 17.7. The van der Waals surface area contributed by atoms with Crippen molar-refractivity contribution in [2.24, 2.45) is 0 Å². The molecule has 0 unspecified atom stereocenters. The molecular weight excluding hydrogens is 328 g/mol. The van der Waals surface area contributed by atoms with Crippen LogP contribution < -0.4 is 5.46 Å². The van der Waals surface area contributed by atoms with Gasteiger partial charge in [-0.1, -0.05) is 36.4 Å². The average Bonchev–Trinajstić information content (AvgIpc) is 3.08. The molecule has 2 aliphatic heterocycles. The summed E-state index contributed by atoms with van der Waals surface area (Å²) in [5, 5.41) is 0. The largest absolute Gasteiger partial charge is 0.495 e. The minimum atomic E-state index is -0.453. The molecule has 0 spiro atoms. The maximum absolute atomic E-state index is 14.5. The average molecular weight is 353 g/mol. The summed E-state index contributed by atoms with van der Waals surface area (Å²) in [5.74, 6) is -0.143. The van der Waals surface area contributed by atoms with E-state index in [0.717, 1.165) is 23.1 Å². The molecule has 0 amide bonds. The van der Waals surface area contributed by atoms with E-state index in [0.29, 0.717) is 13.1 Å². The van der Waals surface area contributed by atoms with Gasteiger partial charge in [-0.2, -0.15) is 0 Å². The summed E-state index contributed by atoms with van der Waals surface area (Å²) in [4.78, 5) is 2.26. The van der Waals surface area contributed by atoms with Crippen molar-refractivity contribution >= 4 is 12.6 Å². The lowest BCUT2D eigenvalue weighted by molar-refractivity contribution is 0.00578. The SMILES string of the molecule is CC1(C)OB(c2ccc(F)c3c2CN(Cc2ccccc2)C3)OC1(C)C. The van der Waals surface area contributed by atoms with E-state index in [1.165, 1.54) is 5.56 Å². The quantitative estimate of drug-likeness (QED) is 0.787. The number of nitrogens with zero attached hydrogens (tertiary/aromatic N) is 1. The number of fused-ring (bicyclic) bond motifs is 1. The third-order valence-corrected chi connectivity index (χ3v) is 5.93. The zero-order valence-electron chi connectivity index (χ0n) is 15.9. The standard InChI is InChI=1S/C21H25BFNO2/c1-20(2)21(3,4)26-22(25-20)18-10-11-19(23)17-14-24(13-16(17)18)12-15-8-6-5-7-9-15/h5-11H,12-14H2,1-4H3. The van der Waals surface area contributed by atoms with Crippen LogP contribution in [0.15, 0.2) is 42.5 Å². The van der Waals surface area contributed by atoms with Crippen LogP contribution in [0.3, 0.4) is 0 Å². The topological polar surface area (TPSA) is 21.7 Å². The fraction of sp³-hybridized carbons (Fsp3) is 0.429. The minimum Gasteiger partial charge on any atom is -0.399 e. The molecule has 5 heteroatoms. The molecule has 0 atom stereocenters. The van der Waals surface area contributed by atoms with Gasteiger partial charge < -0.3 is 9.31 Å². The molecule has 2 heterocycles. The number of benzene rings is 2. The summed E-state index contributed by atoms with van der Waals surface area (Å²) < 4.78 is 26.9. The van der Waals surface area contributed by atoms with Crippen LogP contribution >= 0.6 is 0 Å². The Balaban J connectivity index is 1.61. The highest BCUT2D eigenvalue weighted by atomic mass is 19.1. The molecule has 26 heavy (non-hydrogen) atoms. The summed E-state index contributed by atoms with van der Waals surface area (Å²) in [7, 11) is -0.453. The van der Waals surface area contributed by atoms with E-state index in [9.17, 15) is 4.39 Å². The molecule has 0 aliphatic carbocycles. The van der Waals surface area contributed by atoms with E-state index >= 15 is 0 Å². The number of halogens is 1. The lowest BCUT2D eigenvalue weighted by Gasteiger charge is -2.32. The van der Waals surface area contributed by atoms with Crippen molar-refractivity contribution in [2.45, 2.75) is 58.5 Å². The summed E-state index contributed by atoms with van der Waals surface area (Å²) in [5.41, 5.74) is 3.17. The predicted octanol–water partition coefficient (Wildman–Crippen LogP) is 3.64. The van der Waals surface area contributed by atoms with Crippen molar-refractivity contribution in [2.75, 3.05) is 0 Å². The Kier molecular flexibility index (Phi) is 4.22. The van der Waals surface area contributed by atoms with Crippen LogP contribution in [-0.4, -0.2) is 23.2 Å². The Morgan fingerprint density at radius 1 is 0.923 bits per heavy atom. The van der Waals surface area contributed by atoms with E-state index in [2.05, 4.69) is 17.0 Å². The van der Waals surface area contributed by atoms with Crippen molar-refractivity contribution in [3.63, 3.8) is 0 Å². The first-order valence-corrected chi connectivity index (χ1v) is 9.19. The van der Waals surface area contributed by atoms with Crippen LogP contribution in [0.2, 0.25) is 0 Å². The van der Waals surface area contributed by atoms with Gasteiger partial charge in [-0.3, -0.25) is 4.90 Å². The molecule has 0 radical (unpaired) electrons. The van der Waals surface area contributed by atoms with Crippen molar-refractivity contribution in [3.8, 4) is 0 Å². The van der Waals surface area contributed by atoms with E-state index < -0.39 is 18.3 Å². The van der Waals surface area contributed by atoms with Crippen LogP contribution in [0.1, 0.15) is 44.4 Å². The van der Waals surface area contributed by atoms with Gasteiger partial charge in [0.2, 0.25) is 0 Å². The van der Waals surface area contributed by atoms with Gasteiger partial charge in [-0.05, 0) is 50.4 Å². The number of hydrogen-bond donors (Lipinski definition) is 0.